The van der Waals surface area contributed by atoms with Gasteiger partial charge in [0.2, 0.25) is 0 Å². The van der Waals surface area contributed by atoms with Crippen LogP contribution in [0.2, 0.25) is 0 Å². The van der Waals surface area contributed by atoms with Gasteiger partial charge in [-0.3, -0.25) is 4.99 Å². The normalized spacial score (nSPS) is 18.3. The number of benzene rings is 3. The predicted octanol–water partition coefficient (Wildman–Crippen LogP) is 6.09. The molecule has 0 unspecified atom stereocenters. The van der Waals surface area contributed by atoms with Gasteiger partial charge in [-0.1, -0.05) is 102 Å². The van der Waals surface area contributed by atoms with E-state index >= 15 is 0 Å². The van der Waals surface area contributed by atoms with E-state index in [4.69, 9.17) is 4.99 Å². The minimum absolute atomic E-state index is 0. The average molecular weight is 395 g/mol. The molecule has 1 aliphatic rings. The van der Waals surface area contributed by atoms with Crippen molar-refractivity contribution in [3.63, 3.8) is 0 Å². The molecule has 4 heteroatoms. The van der Waals surface area contributed by atoms with Crippen molar-refractivity contribution in [3.05, 3.63) is 107 Å². The summed E-state index contributed by atoms with van der Waals surface area (Å²) in [6, 6.07) is 30.2. The fourth-order valence-electron chi connectivity index (χ4n) is 3.21. The van der Waals surface area contributed by atoms with Gasteiger partial charge < -0.3 is 5.32 Å². The predicted molar refractivity (Wildman–Crippen MR) is 119 cm³/mol. The summed E-state index contributed by atoms with van der Waals surface area (Å²) in [4.78, 5) is 5.02. The van der Waals surface area contributed by atoms with E-state index in [0.29, 0.717) is 0 Å². The maximum absolute atomic E-state index is 5.02. The Morgan fingerprint density at radius 1 is 0.815 bits per heavy atom. The minimum Gasteiger partial charge on any atom is -0.356 e. The van der Waals surface area contributed by atoms with Crippen LogP contribution in [0.4, 0.5) is 0 Å². The van der Waals surface area contributed by atoms with Gasteiger partial charge in [0.15, 0.2) is 5.17 Å². The number of hydrogen-bond donors (Lipinski definition) is 1. The summed E-state index contributed by atoms with van der Waals surface area (Å²) in [5, 5.41) is 4.67. The molecular weight excluding hydrogens is 372 g/mol. The van der Waals surface area contributed by atoms with Crippen molar-refractivity contribution < 1.29 is 0 Å². The number of thioether (sulfide) groups is 1. The van der Waals surface area contributed by atoms with Crippen LogP contribution in [-0.4, -0.2) is 5.17 Å². The lowest BCUT2D eigenvalue weighted by molar-refractivity contribution is 0.573. The van der Waals surface area contributed by atoms with Gasteiger partial charge in [0.05, 0.1) is 6.04 Å². The number of nitrogens with one attached hydrogen (secondary N) is 1. The zero-order chi connectivity index (χ0) is 17.8. The molecule has 0 spiro atoms. The van der Waals surface area contributed by atoms with Gasteiger partial charge in [-0.2, -0.15) is 0 Å². The molecule has 3 aromatic carbocycles. The zero-order valence-corrected chi connectivity index (χ0v) is 16.8. The standard InChI is InChI=1S/C23H22N2S.ClH/c1-17-12-14-18(15-13-17)16-26-23-24-21(19-8-4-2-5-9-19)22(25-23)20-10-6-3-7-11-20;/h2-15,21-22H,16H2,1H3,(H,24,25);1H/t21-,22+;. The van der Waals surface area contributed by atoms with Gasteiger partial charge in [0.1, 0.15) is 6.04 Å². The van der Waals surface area contributed by atoms with Gasteiger partial charge >= 0.3 is 0 Å². The third-order valence-electron chi connectivity index (χ3n) is 4.65. The Hall–Kier alpha value is -2.23. The third kappa shape index (κ3) is 4.74. The van der Waals surface area contributed by atoms with Gasteiger partial charge in [-0.05, 0) is 23.6 Å². The highest BCUT2D eigenvalue weighted by molar-refractivity contribution is 8.13. The molecule has 0 saturated carbocycles. The molecule has 1 heterocycles. The summed E-state index contributed by atoms with van der Waals surface area (Å²) in [7, 11) is 0. The second kappa shape index (κ2) is 9.12. The van der Waals surface area contributed by atoms with Crippen molar-refractivity contribution in [2.24, 2.45) is 4.99 Å². The van der Waals surface area contributed by atoms with E-state index in [1.807, 2.05) is 0 Å². The Morgan fingerprint density at radius 2 is 1.41 bits per heavy atom. The quantitative estimate of drug-likeness (QED) is 0.578. The van der Waals surface area contributed by atoms with E-state index in [1.165, 1.54) is 22.3 Å². The summed E-state index contributed by atoms with van der Waals surface area (Å²) in [5.41, 5.74) is 5.14. The molecule has 3 aromatic rings. The van der Waals surface area contributed by atoms with Crippen molar-refractivity contribution >= 4 is 29.3 Å². The fourth-order valence-corrected chi connectivity index (χ4v) is 4.10. The molecule has 0 aliphatic carbocycles. The molecule has 0 aromatic heterocycles. The van der Waals surface area contributed by atoms with Crippen LogP contribution in [-0.2, 0) is 5.75 Å². The molecule has 0 amide bonds. The molecule has 27 heavy (non-hydrogen) atoms. The van der Waals surface area contributed by atoms with Gasteiger partial charge in [-0.15, -0.1) is 12.4 Å². The number of aliphatic imine (C=N–C) groups is 1. The molecule has 138 valence electrons. The zero-order valence-electron chi connectivity index (χ0n) is 15.2. The third-order valence-corrected chi connectivity index (χ3v) is 5.62. The van der Waals surface area contributed by atoms with Crippen LogP contribution in [0.1, 0.15) is 34.3 Å². The van der Waals surface area contributed by atoms with Crippen molar-refractivity contribution in [2.45, 2.75) is 24.8 Å². The van der Waals surface area contributed by atoms with Crippen LogP contribution in [0.25, 0.3) is 0 Å². The van der Waals surface area contributed by atoms with Gasteiger partial charge in [0, 0.05) is 5.75 Å². The second-order valence-corrected chi connectivity index (χ2v) is 7.56. The van der Waals surface area contributed by atoms with E-state index in [2.05, 4.69) is 97.2 Å². The number of rotatable bonds is 4. The van der Waals surface area contributed by atoms with E-state index < -0.39 is 0 Å². The monoisotopic (exact) mass is 394 g/mol. The first-order chi connectivity index (χ1) is 12.8. The molecule has 0 saturated heterocycles. The summed E-state index contributed by atoms with van der Waals surface area (Å²) >= 11 is 1.78. The number of hydrogen-bond acceptors (Lipinski definition) is 3. The maximum atomic E-state index is 5.02. The summed E-state index contributed by atoms with van der Waals surface area (Å²) in [6.45, 7) is 2.12. The van der Waals surface area contributed by atoms with Crippen LogP contribution in [0.3, 0.4) is 0 Å². The van der Waals surface area contributed by atoms with Crippen LogP contribution < -0.4 is 5.32 Å². The Morgan fingerprint density at radius 3 is 2.04 bits per heavy atom. The Bertz CT molecular complexity index is 879. The number of halogens is 1. The fraction of sp³-hybridized carbons (Fsp3) is 0.174. The van der Waals surface area contributed by atoms with E-state index in [1.54, 1.807) is 11.8 Å². The summed E-state index contributed by atoms with van der Waals surface area (Å²) < 4.78 is 0. The van der Waals surface area contributed by atoms with Crippen molar-refractivity contribution in [1.29, 1.82) is 0 Å². The minimum atomic E-state index is 0. The molecule has 0 radical (unpaired) electrons. The first-order valence-corrected chi connectivity index (χ1v) is 9.91. The van der Waals surface area contributed by atoms with Gasteiger partial charge in [-0.25, -0.2) is 0 Å². The molecule has 1 aliphatic heterocycles. The second-order valence-electron chi connectivity index (χ2n) is 6.60. The van der Waals surface area contributed by atoms with Gasteiger partial charge in [0.25, 0.3) is 0 Å². The highest BCUT2D eigenvalue weighted by Gasteiger charge is 2.31. The smallest absolute Gasteiger partial charge is 0.158 e. The maximum Gasteiger partial charge on any atom is 0.158 e. The highest BCUT2D eigenvalue weighted by atomic mass is 35.5. The molecule has 0 bridgehead atoms. The molecule has 1 N–H and O–H groups in total. The molecule has 0 fully saturated rings. The topological polar surface area (TPSA) is 24.4 Å². The Balaban J connectivity index is 0.00000210. The summed E-state index contributed by atoms with van der Waals surface area (Å²) in [5.74, 6) is 0.926. The number of nitrogens with zero attached hydrogens (tertiary/aromatic N) is 1. The first kappa shape index (κ1) is 19.5. The Kier molecular flexibility index (Phi) is 6.59. The number of aryl methyl sites for hydroxylation is 1. The van der Waals surface area contributed by atoms with Crippen LogP contribution in [0, 0.1) is 6.92 Å². The van der Waals surface area contributed by atoms with E-state index in [0.717, 1.165) is 10.9 Å². The Labute approximate surface area is 171 Å². The summed E-state index contributed by atoms with van der Waals surface area (Å²) in [6.07, 6.45) is 0. The lowest BCUT2D eigenvalue weighted by Crippen LogP contribution is -2.22. The lowest BCUT2D eigenvalue weighted by atomic mass is 9.95. The lowest BCUT2D eigenvalue weighted by Gasteiger charge is -2.19. The van der Waals surface area contributed by atoms with Crippen LogP contribution >= 0.6 is 24.2 Å². The molecule has 4 rings (SSSR count). The average Bonchev–Trinajstić information content (AvgIpc) is 3.13. The van der Waals surface area contributed by atoms with E-state index in [9.17, 15) is 0 Å². The molecule has 2 nitrogen and oxygen atoms in total. The SMILES string of the molecule is Cc1ccc(CSC2=N[C@H](c3ccccc3)[C@H](c3ccccc3)N2)cc1.Cl. The molecule has 2 atom stereocenters. The largest absolute Gasteiger partial charge is 0.356 e. The van der Waals surface area contributed by atoms with Crippen molar-refractivity contribution in [1.82, 2.24) is 5.32 Å². The molecular formula is C23H23ClN2S. The van der Waals surface area contributed by atoms with E-state index in [-0.39, 0.29) is 24.5 Å². The van der Waals surface area contributed by atoms with Crippen molar-refractivity contribution in [2.75, 3.05) is 0 Å². The number of amidine groups is 1. The van der Waals surface area contributed by atoms with Crippen molar-refractivity contribution in [3.8, 4) is 0 Å². The van der Waals surface area contributed by atoms with Crippen LogP contribution in [0.15, 0.2) is 89.9 Å². The first-order valence-electron chi connectivity index (χ1n) is 8.92. The van der Waals surface area contributed by atoms with Crippen LogP contribution in [0.5, 0.6) is 0 Å². The highest BCUT2D eigenvalue weighted by Crippen LogP contribution is 2.38.